The van der Waals surface area contributed by atoms with Crippen LogP contribution in [0.3, 0.4) is 0 Å². The summed E-state index contributed by atoms with van der Waals surface area (Å²) in [4.78, 5) is 28.2. The summed E-state index contributed by atoms with van der Waals surface area (Å²) in [6.45, 7) is 0. The summed E-state index contributed by atoms with van der Waals surface area (Å²) in [6.07, 6.45) is 0.0846. The van der Waals surface area contributed by atoms with Crippen molar-refractivity contribution in [3.05, 3.63) is 27.4 Å². The Labute approximate surface area is 155 Å². The average molecular weight is 397 g/mol. The Morgan fingerprint density at radius 1 is 1.19 bits per heavy atom. The maximum atomic E-state index is 12.8. The fourth-order valence-electron chi connectivity index (χ4n) is 3.49. The molecular formula is C17H14F3N3O3S. The molecule has 2 aliphatic carbocycles. The van der Waals surface area contributed by atoms with E-state index in [-0.39, 0.29) is 5.89 Å². The normalized spacial score (nSPS) is 16.7. The highest BCUT2D eigenvalue weighted by molar-refractivity contribution is 7.17. The molecule has 10 heteroatoms. The van der Waals surface area contributed by atoms with Crippen molar-refractivity contribution in [3.8, 4) is 11.5 Å². The van der Waals surface area contributed by atoms with Crippen LogP contribution >= 0.6 is 11.3 Å². The molecule has 0 saturated carbocycles. The summed E-state index contributed by atoms with van der Waals surface area (Å²) >= 11 is 1.30. The summed E-state index contributed by atoms with van der Waals surface area (Å²) in [5, 5.41) is 6.14. The van der Waals surface area contributed by atoms with Gasteiger partial charge in [-0.3, -0.25) is 9.59 Å². The lowest BCUT2D eigenvalue weighted by Crippen LogP contribution is -2.14. The Morgan fingerprint density at radius 2 is 1.96 bits per heavy atom. The van der Waals surface area contributed by atoms with Gasteiger partial charge in [-0.25, -0.2) is 0 Å². The molecule has 2 aliphatic rings. The molecule has 6 nitrogen and oxygen atoms in total. The second-order valence-electron chi connectivity index (χ2n) is 6.41. The van der Waals surface area contributed by atoms with E-state index in [9.17, 15) is 22.8 Å². The zero-order valence-electron chi connectivity index (χ0n) is 14.0. The van der Waals surface area contributed by atoms with Gasteiger partial charge in [0.1, 0.15) is 11.3 Å². The van der Waals surface area contributed by atoms with Crippen molar-refractivity contribution in [2.45, 2.75) is 44.7 Å². The zero-order valence-corrected chi connectivity index (χ0v) is 14.8. The predicted octanol–water partition coefficient (Wildman–Crippen LogP) is 3.92. The third kappa shape index (κ3) is 3.18. The average Bonchev–Trinajstić information content (AvgIpc) is 3.36. The van der Waals surface area contributed by atoms with E-state index >= 15 is 0 Å². The van der Waals surface area contributed by atoms with Crippen LogP contribution in [-0.4, -0.2) is 22.3 Å². The highest BCUT2D eigenvalue weighted by Gasteiger charge is 2.38. The Balaban J connectivity index is 1.71. The highest BCUT2D eigenvalue weighted by atomic mass is 32.1. The van der Waals surface area contributed by atoms with E-state index in [1.807, 2.05) is 0 Å². The standard InChI is InChI=1S/C17H14F3N3O3S/c18-17(19,20)16-22-14(26-23-16)12-10-5-2-6-11(10)27-15(12)21-13(25)9-4-1-3-8(9)7-24/h7H,1-6H2,(H,21,25). The molecule has 1 amide bonds. The highest BCUT2D eigenvalue weighted by Crippen LogP contribution is 2.45. The van der Waals surface area contributed by atoms with Crippen LogP contribution in [0, 0.1) is 0 Å². The van der Waals surface area contributed by atoms with Gasteiger partial charge in [0.15, 0.2) is 0 Å². The molecular weight excluding hydrogens is 383 g/mol. The monoisotopic (exact) mass is 397 g/mol. The summed E-state index contributed by atoms with van der Waals surface area (Å²) in [5.41, 5.74) is 2.08. The smallest absolute Gasteiger partial charge is 0.334 e. The van der Waals surface area contributed by atoms with Crippen LogP contribution in [0.15, 0.2) is 15.7 Å². The van der Waals surface area contributed by atoms with E-state index < -0.39 is 17.9 Å². The molecule has 0 saturated heterocycles. The molecule has 0 aliphatic heterocycles. The number of hydrogen-bond acceptors (Lipinski definition) is 6. The molecule has 1 N–H and O–H groups in total. The van der Waals surface area contributed by atoms with Crippen molar-refractivity contribution in [3.63, 3.8) is 0 Å². The first kappa shape index (κ1) is 17.9. The van der Waals surface area contributed by atoms with Crippen molar-refractivity contribution >= 4 is 28.5 Å². The van der Waals surface area contributed by atoms with Crippen LogP contribution in [0.1, 0.15) is 41.9 Å². The molecule has 0 radical (unpaired) electrons. The van der Waals surface area contributed by atoms with Gasteiger partial charge in [0.05, 0.1) is 5.56 Å². The first-order valence-electron chi connectivity index (χ1n) is 8.43. The summed E-state index contributed by atoms with van der Waals surface area (Å²) < 4.78 is 43.3. The number of nitrogens with one attached hydrogen (secondary N) is 1. The van der Waals surface area contributed by atoms with Gasteiger partial charge >= 0.3 is 6.18 Å². The van der Waals surface area contributed by atoms with Gasteiger partial charge in [-0.1, -0.05) is 5.16 Å². The summed E-state index contributed by atoms with van der Waals surface area (Å²) in [5.74, 6) is -2.02. The molecule has 142 valence electrons. The van der Waals surface area contributed by atoms with E-state index in [1.165, 1.54) is 11.3 Å². The molecule has 0 unspecified atom stereocenters. The zero-order chi connectivity index (χ0) is 19.2. The van der Waals surface area contributed by atoms with E-state index in [2.05, 4.69) is 15.5 Å². The number of carbonyl (C=O) groups is 2. The Hall–Kier alpha value is -2.49. The number of aryl methyl sites for hydroxylation is 1. The van der Waals surface area contributed by atoms with Crippen LogP contribution in [-0.2, 0) is 28.6 Å². The maximum Gasteiger partial charge on any atom is 0.455 e. The minimum atomic E-state index is -4.71. The number of alkyl halides is 3. The van der Waals surface area contributed by atoms with Crippen LogP contribution in [0.25, 0.3) is 11.5 Å². The van der Waals surface area contributed by atoms with Gasteiger partial charge in [-0.15, -0.1) is 11.3 Å². The lowest BCUT2D eigenvalue weighted by atomic mass is 10.1. The van der Waals surface area contributed by atoms with Crippen molar-refractivity contribution in [1.29, 1.82) is 0 Å². The Kier molecular flexibility index (Phi) is 4.37. The number of amides is 1. The number of hydrogen-bond donors (Lipinski definition) is 1. The first-order chi connectivity index (χ1) is 12.9. The second-order valence-corrected chi connectivity index (χ2v) is 7.52. The Bertz CT molecular complexity index is 959. The molecule has 0 atom stereocenters. The first-order valence-corrected chi connectivity index (χ1v) is 9.24. The number of halogens is 3. The number of nitrogens with zero attached hydrogens (tertiary/aromatic N) is 2. The molecule has 2 aromatic rings. The third-order valence-corrected chi connectivity index (χ3v) is 5.93. The number of thiophene rings is 1. The van der Waals surface area contributed by atoms with Crippen molar-refractivity contribution in [2.24, 2.45) is 0 Å². The molecule has 0 aromatic carbocycles. The van der Waals surface area contributed by atoms with Gasteiger partial charge in [0.25, 0.3) is 17.6 Å². The minimum Gasteiger partial charge on any atom is -0.334 e. The SMILES string of the molecule is O=CC1=C(C(=O)Nc2sc3c(c2-c2nc(C(F)(F)F)no2)CCC3)CCC1. The van der Waals surface area contributed by atoms with Crippen LogP contribution in [0.2, 0.25) is 0 Å². The van der Waals surface area contributed by atoms with Crippen molar-refractivity contribution in [2.75, 3.05) is 5.32 Å². The Morgan fingerprint density at radius 3 is 2.67 bits per heavy atom. The van der Waals surface area contributed by atoms with E-state index in [0.717, 1.165) is 29.7 Å². The van der Waals surface area contributed by atoms with E-state index in [4.69, 9.17) is 4.52 Å². The summed E-state index contributed by atoms with van der Waals surface area (Å²) in [6, 6.07) is 0. The number of fused-ring (bicyclic) bond motifs is 1. The quantitative estimate of drug-likeness (QED) is 0.791. The fraction of sp³-hybridized carbons (Fsp3) is 0.412. The molecule has 0 bridgehead atoms. The van der Waals surface area contributed by atoms with Crippen LogP contribution < -0.4 is 5.32 Å². The predicted molar refractivity (Wildman–Crippen MR) is 90.2 cm³/mol. The van der Waals surface area contributed by atoms with Crippen molar-refractivity contribution < 1.29 is 27.3 Å². The lowest BCUT2D eigenvalue weighted by molar-refractivity contribution is -0.146. The number of anilines is 1. The number of rotatable bonds is 4. The van der Waals surface area contributed by atoms with Gasteiger partial charge in [-0.05, 0) is 44.1 Å². The topological polar surface area (TPSA) is 85.1 Å². The molecule has 0 fully saturated rings. The molecule has 0 spiro atoms. The van der Waals surface area contributed by atoms with E-state index in [1.54, 1.807) is 0 Å². The third-order valence-electron chi connectivity index (χ3n) is 4.72. The molecule has 2 heterocycles. The number of allylic oxidation sites excluding steroid dienone is 1. The minimum absolute atomic E-state index is 0.256. The van der Waals surface area contributed by atoms with Gasteiger partial charge in [0.2, 0.25) is 0 Å². The molecule has 4 rings (SSSR count). The largest absolute Gasteiger partial charge is 0.455 e. The summed E-state index contributed by atoms with van der Waals surface area (Å²) in [7, 11) is 0. The maximum absolute atomic E-state index is 12.8. The lowest BCUT2D eigenvalue weighted by Gasteiger charge is -2.07. The fourth-order valence-corrected chi connectivity index (χ4v) is 4.77. The van der Waals surface area contributed by atoms with Crippen molar-refractivity contribution in [1.82, 2.24) is 10.1 Å². The van der Waals surface area contributed by atoms with E-state index in [0.29, 0.717) is 47.3 Å². The molecule has 2 aromatic heterocycles. The van der Waals surface area contributed by atoms with Gasteiger partial charge < -0.3 is 9.84 Å². The second kappa shape index (κ2) is 6.59. The molecule has 27 heavy (non-hydrogen) atoms. The number of aromatic nitrogens is 2. The van der Waals surface area contributed by atoms with Crippen LogP contribution in [0.5, 0.6) is 0 Å². The van der Waals surface area contributed by atoms with Gasteiger partial charge in [0, 0.05) is 16.0 Å². The number of aldehydes is 1. The number of carbonyl (C=O) groups excluding carboxylic acids is 2. The van der Waals surface area contributed by atoms with Crippen LogP contribution in [0.4, 0.5) is 18.2 Å². The van der Waals surface area contributed by atoms with Gasteiger partial charge in [-0.2, -0.15) is 18.2 Å².